The molecule has 5 nitrogen and oxygen atoms in total. The molecule has 0 aromatic carbocycles. The SMILES string of the molecule is CCCNC(c1cncs1)c1nccnc1OC. The van der Waals surface area contributed by atoms with Gasteiger partial charge in [-0.2, -0.15) is 0 Å². The highest BCUT2D eigenvalue weighted by Gasteiger charge is 2.21. The van der Waals surface area contributed by atoms with Crippen molar-refractivity contribution >= 4 is 11.3 Å². The smallest absolute Gasteiger partial charge is 0.237 e. The molecule has 0 saturated heterocycles. The molecule has 0 amide bonds. The van der Waals surface area contributed by atoms with Crippen LogP contribution in [0.3, 0.4) is 0 Å². The highest BCUT2D eigenvalue weighted by molar-refractivity contribution is 7.09. The molecule has 0 saturated carbocycles. The average Bonchev–Trinajstić information content (AvgIpc) is 2.94. The Bertz CT molecular complexity index is 475. The molecule has 2 heterocycles. The second kappa shape index (κ2) is 6.42. The van der Waals surface area contributed by atoms with Crippen molar-refractivity contribution in [2.45, 2.75) is 19.4 Å². The quantitative estimate of drug-likeness (QED) is 0.865. The molecule has 2 aromatic heterocycles. The van der Waals surface area contributed by atoms with E-state index in [1.54, 1.807) is 30.8 Å². The van der Waals surface area contributed by atoms with E-state index in [9.17, 15) is 0 Å². The summed E-state index contributed by atoms with van der Waals surface area (Å²) in [7, 11) is 1.61. The Balaban J connectivity index is 2.33. The maximum atomic E-state index is 5.27. The minimum absolute atomic E-state index is 0.0129. The first-order chi connectivity index (χ1) is 8.86. The number of hydrogen-bond donors (Lipinski definition) is 1. The van der Waals surface area contributed by atoms with Crippen LogP contribution in [0.25, 0.3) is 0 Å². The second-order valence-corrected chi connectivity index (χ2v) is 4.66. The van der Waals surface area contributed by atoms with E-state index in [-0.39, 0.29) is 6.04 Å². The summed E-state index contributed by atoms with van der Waals surface area (Å²) in [4.78, 5) is 13.8. The largest absolute Gasteiger partial charge is 0.480 e. The summed E-state index contributed by atoms with van der Waals surface area (Å²) in [6, 6.07) is -0.0129. The Morgan fingerprint density at radius 2 is 2.22 bits per heavy atom. The lowest BCUT2D eigenvalue weighted by molar-refractivity contribution is 0.383. The van der Waals surface area contributed by atoms with Gasteiger partial charge in [-0.15, -0.1) is 11.3 Å². The number of rotatable bonds is 6. The summed E-state index contributed by atoms with van der Waals surface area (Å²) in [6.45, 7) is 3.03. The summed E-state index contributed by atoms with van der Waals surface area (Å²) in [5, 5.41) is 3.45. The first-order valence-electron chi connectivity index (χ1n) is 5.83. The predicted molar refractivity (Wildman–Crippen MR) is 70.8 cm³/mol. The van der Waals surface area contributed by atoms with Crippen molar-refractivity contribution in [3.8, 4) is 5.88 Å². The van der Waals surface area contributed by atoms with E-state index in [1.165, 1.54) is 0 Å². The minimum Gasteiger partial charge on any atom is -0.480 e. The highest BCUT2D eigenvalue weighted by atomic mass is 32.1. The Hall–Kier alpha value is -1.53. The highest BCUT2D eigenvalue weighted by Crippen LogP contribution is 2.28. The van der Waals surface area contributed by atoms with E-state index >= 15 is 0 Å². The van der Waals surface area contributed by atoms with Gasteiger partial charge in [0.05, 0.1) is 18.7 Å². The van der Waals surface area contributed by atoms with Crippen LogP contribution in [0.2, 0.25) is 0 Å². The van der Waals surface area contributed by atoms with Crippen molar-refractivity contribution in [2.24, 2.45) is 0 Å². The van der Waals surface area contributed by atoms with Gasteiger partial charge in [-0.1, -0.05) is 6.92 Å². The Morgan fingerprint density at radius 3 is 2.89 bits per heavy atom. The van der Waals surface area contributed by atoms with Crippen LogP contribution in [0.4, 0.5) is 0 Å². The van der Waals surface area contributed by atoms with Gasteiger partial charge in [-0.05, 0) is 13.0 Å². The van der Waals surface area contributed by atoms with Gasteiger partial charge in [-0.25, -0.2) is 4.98 Å². The second-order valence-electron chi connectivity index (χ2n) is 3.74. The summed E-state index contributed by atoms with van der Waals surface area (Å²) in [5.41, 5.74) is 2.62. The van der Waals surface area contributed by atoms with E-state index in [2.05, 4.69) is 27.2 Å². The van der Waals surface area contributed by atoms with Crippen LogP contribution in [-0.4, -0.2) is 28.6 Å². The van der Waals surface area contributed by atoms with E-state index < -0.39 is 0 Å². The Morgan fingerprint density at radius 1 is 1.39 bits per heavy atom. The van der Waals surface area contributed by atoms with Crippen LogP contribution in [0.15, 0.2) is 24.1 Å². The third-order valence-electron chi connectivity index (χ3n) is 2.49. The molecule has 18 heavy (non-hydrogen) atoms. The van der Waals surface area contributed by atoms with Gasteiger partial charge >= 0.3 is 0 Å². The molecule has 6 heteroatoms. The number of aromatic nitrogens is 3. The Kier molecular flexibility index (Phi) is 4.60. The molecular formula is C12H16N4OS. The number of thiazole rings is 1. The van der Waals surface area contributed by atoms with Crippen molar-refractivity contribution in [1.82, 2.24) is 20.3 Å². The monoisotopic (exact) mass is 264 g/mol. The zero-order valence-electron chi connectivity index (χ0n) is 10.5. The lowest BCUT2D eigenvalue weighted by atomic mass is 10.1. The van der Waals surface area contributed by atoms with Crippen molar-refractivity contribution in [2.75, 3.05) is 13.7 Å². The summed E-state index contributed by atoms with van der Waals surface area (Å²) in [5.74, 6) is 0.555. The van der Waals surface area contributed by atoms with E-state index in [4.69, 9.17) is 4.74 Å². The van der Waals surface area contributed by atoms with Gasteiger partial charge in [0, 0.05) is 23.5 Å². The molecule has 1 N–H and O–H groups in total. The van der Waals surface area contributed by atoms with Crippen molar-refractivity contribution in [1.29, 1.82) is 0 Å². The van der Waals surface area contributed by atoms with Crippen LogP contribution in [-0.2, 0) is 0 Å². The fourth-order valence-corrected chi connectivity index (χ4v) is 2.38. The molecule has 0 aliphatic carbocycles. The summed E-state index contributed by atoms with van der Waals surface area (Å²) >= 11 is 1.60. The fourth-order valence-electron chi connectivity index (χ4n) is 1.68. The zero-order valence-corrected chi connectivity index (χ0v) is 11.3. The standard InChI is InChI=1S/C12H16N4OS/c1-3-4-14-10(9-7-13-8-18-9)11-12(17-2)16-6-5-15-11/h5-8,10,14H,3-4H2,1-2H3. The molecule has 0 radical (unpaired) electrons. The maximum Gasteiger partial charge on any atom is 0.237 e. The van der Waals surface area contributed by atoms with Gasteiger partial charge in [0.25, 0.3) is 0 Å². The molecule has 0 spiro atoms. The summed E-state index contributed by atoms with van der Waals surface area (Å²) in [6.07, 6.45) is 6.22. The van der Waals surface area contributed by atoms with Gasteiger partial charge < -0.3 is 10.1 Å². The molecule has 96 valence electrons. The van der Waals surface area contributed by atoms with Crippen LogP contribution in [0.5, 0.6) is 5.88 Å². The molecule has 0 bridgehead atoms. The van der Waals surface area contributed by atoms with Crippen LogP contribution in [0, 0.1) is 0 Å². The van der Waals surface area contributed by atoms with Crippen LogP contribution in [0.1, 0.15) is 30.0 Å². The number of hydrogen-bond acceptors (Lipinski definition) is 6. The van der Waals surface area contributed by atoms with Gasteiger partial charge in [0.15, 0.2) is 0 Å². The molecule has 1 unspecified atom stereocenters. The van der Waals surface area contributed by atoms with Gasteiger partial charge in [0.2, 0.25) is 5.88 Å². The minimum atomic E-state index is -0.0129. The lowest BCUT2D eigenvalue weighted by Gasteiger charge is -2.17. The predicted octanol–water partition coefficient (Wildman–Crippen LogP) is 2.03. The van der Waals surface area contributed by atoms with Crippen LogP contribution >= 0.6 is 11.3 Å². The third-order valence-corrected chi connectivity index (χ3v) is 3.33. The summed E-state index contributed by atoms with van der Waals surface area (Å²) < 4.78 is 5.27. The molecule has 0 aliphatic rings. The normalized spacial score (nSPS) is 12.3. The van der Waals surface area contributed by atoms with Crippen molar-refractivity contribution in [3.63, 3.8) is 0 Å². The molecular weight excluding hydrogens is 248 g/mol. The number of methoxy groups -OCH3 is 1. The molecule has 2 rings (SSSR count). The zero-order chi connectivity index (χ0) is 12.8. The molecule has 0 aliphatic heterocycles. The van der Waals surface area contributed by atoms with Crippen molar-refractivity contribution in [3.05, 3.63) is 34.7 Å². The topological polar surface area (TPSA) is 59.9 Å². The van der Waals surface area contributed by atoms with Crippen molar-refractivity contribution < 1.29 is 4.74 Å². The van der Waals surface area contributed by atoms with Crippen LogP contribution < -0.4 is 10.1 Å². The number of ether oxygens (including phenoxy) is 1. The number of nitrogens with one attached hydrogen (secondary N) is 1. The first-order valence-corrected chi connectivity index (χ1v) is 6.71. The first kappa shape index (κ1) is 12.9. The van der Waals surface area contributed by atoms with Gasteiger partial charge in [0.1, 0.15) is 5.69 Å². The number of nitrogens with zero attached hydrogens (tertiary/aromatic N) is 3. The third kappa shape index (κ3) is 2.83. The van der Waals surface area contributed by atoms with E-state index in [0.717, 1.165) is 23.5 Å². The molecule has 1 atom stereocenters. The lowest BCUT2D eigenvalue weighted by Crippen LogP contribution is -2.24. The average molecular weight is 264 g/mol. The van der Waals surface area contributed by atoms with Gasteiger partial charge in [-0.3, -0.25) is 9.97 Å². The molecule has 0 fully saturated rings. The van der Waals surface area contributed by atoms with E-state index in [0.29, 0.717) is 5.88 Å². The van der Waals surface area contributed by atoms with E-state index in [1.807, 2.05) is 11.7 Å². The Labute approximate surface area is 110 Å². The molecule has 2 aromatic rings. The fraction of sp³-hybridized carbons (Fsp3) is 0.417. The maximum absolute atomic E-state index is 5.27.